The summed E-state index contributed by atoms with van der Waals surface area (Å²) in [5.41, 5.74) is -3.25. The summed E-state index contributed by atoms with van der Waals surface area (Å²) in [6.45, 7) is 11.1. The summed E-state index contributed by atoms with van der Waals surface area (Å²) in [5, 5.41) is 11.7. The number of carbonyl (C=O) groups is 2. The largest absolute Gasteiger partial charge is 0.454 e. The number of ether oxygens (including phenoxy) is 2. The lowest BCUT2D eigenvalue weighted by Crippen LogP contribution is -2.49. The van der Waals surface area contributed by atoms with Gasteiger partial charge in [0.25, 0.3) is 5.69 Å². The first-order chi connectivity index (χ1) is 13.2. The summed E-state index contributed by atoms with van der Waals surface area (Å²) >= 11 is 2.01. The van der Waals surface area contributed by atoms with E-state index in [1.54, 1.807) is 12.1 Å². The van der Waals surface area contributed by atoms with Crippen LogP contribution in [0.2, 0.25) is 0 Å². The van der Waals surface area contributed by atoms with Gasteiger partial charge in [-0.25, -0.2) is 4.79 Å². The van der Waals surface area contributed by atoms with Crippen LogP contribution in [0.1, 0.15) is 66.1 Å². The molecule has 8 heteroatoms. The zero-order valence-corrected chi connectivity index (χ0v) is 19.7. The number of rotatable bonds is 4. The fourth-order valence-electron chi connectivity index (χ4n) is 4.51. The van der Waals surface area contributed by atoms with Crippen molar-refractivity contribution in [1.82, 2.24) is 0 Å². The standard InChI is InChI=1S/C21H26INO6/c1-18(2,3)15(13-8-7-12(22)11-14(13)23(26)27)28-17(25)21-10-9-20(6,16(24)29-21)19(21,4)5/h7-8,11,15H,9-10H2,1-6H3/t15?,20?,21-/m1/s1. The van der Waals surface area contributed by atoms with Gasteiger partial charge in [-0.3, -0.25) is 14.9 Å². The van der Waals surface area contributed by atoms with E-state index in [9.17, 15) is 19.7 Å². The third-order valence-electron chi connectivity index (χ3n) is 6.90. The van der Waals surface area contributed by atoms with E-state index in [4.69, 9.17) is 9.47 Å². The maximum absolute atomic E-state index is 13.4. The lowest BCUT2D eigenvalue weighted by atomic mass is 9.66. The van der Waals surface area contributed by atoms with E-state index in [1.807, 2.05) is 64.1 Å². The molecule has 1 heterocycles. The van der Waals surface area contributed by atoms with Gasteiger partial charge in [-0.2, -0.15) is 0 Å². The maximum atomic E-state index is 13.4. The van der Waals surface area contributed by atoms with Gasteiger partial charge in [-0.05, 0) is 54.5 Å². The molecule has 1 saturated carbocycles. The van der Waals surface area contributed by atoms with E-state index in [-0.39, 0.29) is 5.69 Å². The van der Waals surface area contributed by atoms with Crippen LogP contribution in [0.5, 0.6) is 0 Å². The first kappa shape index (κ1) is 22.0. The molecule has 0 amide bonds. The van der Waals surface area contributed by atoms with Gasteiger partial charge in [0.1, 0.15) is 6.10 Å². The van der Waals surface area contributed by atoms with Crippen molar-refractivity contribution in [3.63, 3.8) is 0 Å². The van der Waals surface area contributed by atoms with Gasteiger partial charge in [-0.1, -0.05) is 34.6 Å². The molecule has 1 aliphatic carbocycles. The number of carbonyl (C=O) groups excluding carboxylic acids is 2. The van der Waals surface area contributed by atoms with Crippen molar-refractivity contribution in [3.05, 3.63) is 37.4 Å². The molecule has 3 atom stereocenters. The Balaban J connectivity index is 2.04. The number of hydrogen-bond acceptors (Lipinski definition) is 6. The number of esters is 2. The molecule has 0 radical (unpaired) electrons. The van der Waals surface area contributed by atoms with Crippen LogP contribution in [0.25, 0.3) is 0 Å². The minimum atomic E-state index is -1.37. The normalized spacial score (nSPS) is 28.7. The Morgan fingerprint density at radius 2 is 1.90 bits per heavy atom. The molecule has 0 spiro atoms. The second kappa shape index (κ2) is 6.65. The van der Waals surface area contributed by atoms with Gasteiger partial charge in [0.05, 0.1) is 15.9 Å². The average Bonchev–Trinajstić information content (AvgIpc) is 2.89. The molecule has 2 unspecified atom stereocenters. The van der Waals surface area contributed by atoms with Crippen molar-refractivity contribution in [2.75, 3.05) is 0 Å². The van der Waals surface area contributed by atoms with E-state index in [0.717, 1.165) is 0 Å². The van der Waals surface area contributed by atoms with E-state index in [1.165, 1.54) is 6.07 Å². The SMILES string of the molecule is CC(C)(C)C(OC(=O)[C@@]12CCC(C)(C(=O)O1)C2(C)C)c1ccc(I)cc1[N+](=O)[O-]. The van der Waals surface area contributed by atoms with Crippen molar-refractivity contribution in [2.45, 2.75) is 66.1 Å². The molecule has 1 aromatic carbocycles. The second-order valence-electron chi connectivity index (χ2n) is 9.79. The Bertz CT molecular complexity index is 905. The van der Waals surface area contributed by atoms with Gasteiger partial charge in [-0.15, -0.1) is 0 Å². The molecule has 2 aliphatic rings. The van der Waals surface area contributed by atoms with E-state index >= 15 is 0 Å². The molecule has 1 aliphatic heterocycles. The molecule has 29 heavy (non-hydrogen) atoms. The Hall–Kier alpha value is -1.71. The van der Waals surface area contributed by atoms with Crippen molar-refractivity contribution >= 4 is 40.2 Å². The third-order valence-corrected chi connectivity index (χ3v) is 7.57. The first-order valence-electron chi connectivity index (χ1n) is 9.56. The minimum Gasteiger partial charge on any atom is -0.454 e. The lowest BCUT2D eigenvalue weighted by Gasteiger charge is -2.38. The molecule has 2 fully saturated rings. The number of fused-ring (bicyclic) bond motifs is 2. The fraction of sp³-hybridized carbons (Fsp3) is 0.619. The molecular weight excluding hydrogens is 489 g/mol. The zero-order valence-electron chi connectivity index (χ0n) is 17.5. The summed E-state index contributed by atoms with van der Waals surface area (Å²) in [5.74, 6) is -1.02. The molecular formula is C21H26INO6. The zero-order chi connectivity index (χ0) is 22.0. The van der Waals surface area contributed by atoms with Crippen molar-refractivity contribution in [3.8, 4) is 0 Å². The fourth-order valence-corrected chi connectivity index (χ4v) is 4.98. The Morgan fingerprint density at radius 1 is 1.28 bits per heavy atom. The molecule has 0 aromatic heterocycles. The second-order valence-corrected chi connectivity index (χ2v) is 11.0. The van der Waals surface area contributed by atoms with Crippen molar-refractivity contribution in [1.29, 1.82) is 0 Å². The highest BCUT2D eigenvalue weighted by atomic mass is 127. The number of halogens is 1. The molecule has 1 saturated heterocycles. The van der Waals surface area contributed by atoms with Crippen LogP contribution in [0, 0.1) is 29.9 Å². The van der Waals surface area contributed by atoms with E-state index in [2.05, 4.69) is 0 Å². The average molecular weight is 515 g/mol. The van der Waals surface area contributed by atoms with Crippen LogP contribution in [-0.2, 0) is 19.1 Å². The summed E-state index contributed by atoms with van der Waals surface area (Å²) < 4.78 is 12.3. The van der Waals surface area contributed by atoms with Gasteiger partial charge in [0.2, 0.25) is 5.60 Å². The van der Waals surface area contributed by atoms with Crippen LogP contribution in [-0.4, -0.2) is 22.5 Å². The predicted octanol–water partition coefficient (Wildman–Crippen LogP) is 4.95. The highest BCUT2D eigenvalue weighted by Gasteiger charge is 2.76. The third kappa shape index (κ3) is 3.05. The molecule has 158 valence electrons. The monoisotopic (exact) mass is 515 g/mol. The summed E-state index contributed by atoms with van der Waals surface area (Å²) in [6, 6.07) is 4.85. The smallest absolute Gasteiger partial charge is 0.351 e. The number of nitro groups is 1. The van der Waals surface area contributed by atoms with Crippen LogP contribution in [0.3, 0.4) is 0 Å². The number of benzene rings is 1. The highest BCUT2D eigenvalue weighted by Crippen LogP contribution is 2.66. The molecule has 2 bridgehead atoms. The molecule has 3 rings (SSSR count). The first-order valence-corrected chi connectivity index (χ1v) is 10.6. The van der Waals surface area contributed by atoms with Crippen molar-refractivity contribution in [2.24, 2.45) is 16.2 Å². The number of nitrogens with zero attached hydrogens (tertiary/aromatic N) is 1. The molecule has 1 aromatic rings. The van der Waals surface area contributed by atoms with Gasteiger partial charge in [0.15, 0.2) is 0 Å². The Morgan fingerprint density at radius 3 is 2.34 bits per heavy atom. The summed E-state index contributed by atoms with van der Waals surface area (Å²) in [4.78, 5) is 37.1. The topological polar surface area (TPSA) is 95.7 Å². The molecule has 0 N–H and O–H groups in total. The Labute approximate surface area is 183 Å². The van der Waals surface area contributed by atoms with Gasteiger partial charge >= 0.3 is 11.9 Å². The van der Waals surface area contributed by atoms with Crippen molar-refractivity contribution < 1.29 is 24.0 Å². The quantitative estimate of drug-likeness (QED) is 0.244. The molecule has 7 nitrogen and oxygen atoms in total. The Kier molecular flexibility index (Phi) is 5.04. The summed E-state index contributed by atoms with van der Waals surface area (Å²) in [6.07, 6.45) is 0.0496. The summed E-state index contributed by atoms with van der Waals surface area (Å²) in [7, 11) is 0. The maximum Gasteiger partial charge on any atom is 0.351 e. The number of nitro benzene ring substituents is 1. The van der Waals surface area contributed by atoms with E-state index in [0.29, 0.717) is 22.0 Å². The van der Waals surface area contributed by atoms with Crippen LogP contribution in [0.4, 0.5) is 5.69 Å². The predicted molar refractivity (Wildman–Crippen MR) is 114 cm³/mol. The minimum absolute atomic E-state index is 0.0962. The highest BCUT2D eigenvalue weighted by molar-refractivity contribution is 14.1. The van der Waals surface area contributed by atoms with Gasteiger partial charge < -0.3 is 9.47 Å². The van der Waals surface area contributed by atoms with Crippen LogP contribution in [0.15, 0.2) is 18.2 Å². The van der Waals surface area contributed by atoms with E-state index < -0.39 is 44.8 Å². The van der Waals surface area contributed by atoms with Crippen LogP contribution < -0.4 is 0 Å². The van der Waals surface area contributed by atoms with Crippen LogP contribution >= 0.6 is 22.6 Å². The number of hydrogen-bond donors (Lipinski definition) is 0. The van der Waals surface area contributed by atoms with Gasteiger partial charge in [0, 0.05) is 20.5 Å². The lowest BCUT2D eigenvalue weighted by molar-refractivity contribution is -0.386.